The molecule has 2 atom stereocenters. The van der Waals surface area contributed by atoms with Gasteiger partial charge in [-0.3, -0.25) is 9.69 Å². The highest BCUT2D eigenvalue weighted by Crippen LogP contribution is 2.26. The van der Waals surface area contributed by atoms with Crippen LogP contribution in [0.5, 0.6) is 0 Å². The Morgan fingerprint density at radius 3 is 2.16 bits per heavy atom. The molecule has 0 N–H and O–H groups in total. The van der Waals surface area contributed by atoms with Crippen LogP contribution in [0, 0.1) is 11.8 Å². The van der Waals surface area contributed by atoms with E-state index in [9.17, 15) is 4.79 Å². The monoisotopic (exact) mass is 259 g/mol. The van der Waals surface area contributed by atoms with Gasteiger partial charge in [-0.2, -0.15) is 0 Å². The Hall–Kier alpha value is -1.15. The zero-order chi connectivity index (χ0) is 13.8. The molecular weight excluding hydrogens is 234 g/mol. The SMILES string of the molecule is CC(C)C(C)C(C(=O)c1ccccc1)N1CCCC1. The highest BCUT2D eigenvalue weighted by atomic mass is 16.1. The predicted octanol–water partition coefficient (Wildman–Crippen LogP) is 3.63. The summed E-state index contributed by atoms with van der Waals surface area (Å²) in [6.45, 7) is 8.78. The molecule has 1 aromatic rings. The Bertz CT molecular complexity index is 405. The van der Waals surface area contributed by atoms with Gasteiger partial charge in [-0.25, -0.2) is 0 Å². The van der Waals surface area contributed by atoms with E-state index in [0.29, 0.717) is 17.6 Å². The highest BCUT2D eigenvalue weighted by molar-refractivity contribution is 6.00. The van der Waals surface area contributed by atoms with Gasteiger partial charge in [0.25, 0.3) is 0 Å². The van der Waals surface area contributed by atoms with E-state index in [1.807, 2.05) is 30.3 Å². The molecule has 0 spiro atoms. The first-order valence-corrected chi connectivity index (χ1v) is 7.44. The molecule has 0 saturated carbocycles. The third-order valence-electron chi connectivity index (χ3n) is 4.41. The Morgan fingerprint density at radius 1 is 1.05 bits per heavy atom. The molecule has 2 nitrogen and oxygen atoms in total. The summed E-state index contributed by atoms with van der Waals surface area (Å²) in [5.41, 5.74) is 0.854. The van der Waals surface area contributed by atoms with Crippen LogP contribution in [0.15, 0.2) is 30.3 Å². The minimum absolute atomic E-state index is 0.0462. The first-order valence-electron chi connectivity index (χ1n) is 7.44. The number of benzene rings is 1. The molecule has 1 aliphatic heterocycles. The van der Waals surface area contributed by atoms with Crippen LogP contribution in [0.25, 0.3) is 0 Å². The van der Waals surface area contributed by atoms with E-state index in [1.54, 1.807) is 0 Å². The van der Waals surface area contributed by atoms with E-state index in [0.717, 1.165) is 18.7 Å². The van der Waals surface area contributed by atoms with E-state index in [2.05, 4.69) is 25.7 Å². The van der Waals surface area contributed by atoms with Gasteiger partial charge in [0.05, 0.1) is 6.04 Å². The highest BCUT2D eigenvalue weighted by Gasteiger charge is 2.34. The predicted molar refractivity (Wildman–Crippen MR) is 79.4 cm³/mol. The maximum atomic E-state index is 12.8. The maximum absolute atomic E-state index is 12.8. The van der Waals surface area contributed by atoms with Crippen LogP contribution in [-0.2, 0) is 0 Å². The quantitative estimate of drug-likeness (QED) is 0.753. The van der Waals surface area contributed by atoms with Crippen LogP contribution in [0.4, 0.5) is 0 Å². The summed E-state index contributed by atoms with van der Waals surface area (Å²) in [6.07, 6.45) is 2.45. The molecule has 2 heteroatoms. The van der Waals surface area contributed by atoms with Gasteiger partial charge >= 0.3 is 0 Å². The van der Waals surface area contributed by atoms with E-state index >= 15 is 0 Å². The second kappa shape index (κ2) is 6.33. The molecule has 0 bridgehead atoms. The molecule has 2 rings (SSSR count). The average Bonchev–Trinajstić information content (AvgIpc) is 2.93. The zero-order valence-electron chi connectivity index (χ0n) is 12.3. The number of ketones is 1. The minimum atomic E-state index is 0.0462. The van der Waals surface area contributed by atoms with Gasteiger partial charge in [0.2, 0.25) is 0 Å². The summed E-state index contributed by atoms with van der Waals surface area (Å²) >= 11 is 0. The molecular formula is C17H25NO. The standard InChI is InChI=1S/C17H25NO/c1-13(2)14(3)16(18-11-7-8-12-18)17(19)15-9-5-4-6-10-15/h4-6,9-10,13-14,16H,7-8,11-12H2,1-3H3. The van der Waals surface area contributed by atoms with E-state index in [4.69, 9.17) is 0 Å². The lowest BCUT2D eigenvalue weighted by molar-refractivity contribution is 0.0734. The van der Waals surface area contributed by atoms with Crippen molar-refractivity contribution in [1.29, 1.82) is 0 Å². The maximum Gasteiger partial charge on any atom is 0.180 e. The largest absolute Gasteiger partial charge is 0.293 e. The summed E-state index contributed by atoms with van der Waals surface area (Å²) in [4.78, 5) is 15.2. The Morgan fingerprint density at radius 2 is 1.63 bits per heavy atom. The molecule has 0 amide bonds. The number of hydrogen-bond acceptors (Lipinski definition) is 2. The van der Waals surface area contributed by atoms with Gasteiger partial charge in [0.1, 0.15) is 0 Å². The van der Waals surface area contributed by atoms with Crippen LogP contribution in [-0.4, -0.2) is 29.8 Å². The first kappa shape index (κ1) is 14.3. The normalized spacial score (nSPS) is 19.6. The number of rotatable bonds is 5. The zero-order valence-corrected chi connectivity index (χ0v) is 12.3. The molecule has 2 unspecified atom stereocenters. The van der Waals surface area contributed by atoms with Crippen molar-refractivity contribution in [3.05, 3.63) is 35.9 Å². The smallest absolute Gasteiger partial charge is 0.180 e. The average molecular weight is 259 g/mol. The van der Waals surface area contributed by atoms with E-state index < -0.39 is 0 Å². The number of carbonyl (C=O) groups excluding carboxylic acids is 1. The number of Topliss-reactive ketones (excluding diaryl/α,β-unsaturated/α-hetero) is 1. The fourth-order valence-corrected chi connectivity index (χ4v) is 2.89. The number of hydrogen-bond donors (Lipinski definition) is 0. The Kier molecular flexibility index (Phi) is 4.76. The van der Waals surface area contributed by atoms with Crippen molar-refractivity contribution in [2.75, 3.05) is 13.1 Å². The Labute approximate surface area is 116 Å². The van der Waals surface area contributed by atoms with Crippen LogP contribution >= 0.6 is 0 Å². The van der Waals surface area contributed by atoms with Crippen molar-refractivity contribution in [1.82, 2.24) is 4.90 Å². The fourth-order valence-electron chi connectivity index (χ4n) is 2.89. The third-order valence-corrected chi connectivity index (χ3v) is 4.41. The van der Waals surface area contributed by atoms with Crippen LogP contribution in [0.2, 0.25) is 0 Å². The molecule has 1 saturated heterocycles. The van der Waals surface area contributed by atoms with Crippen molar-refractivity contribution < 1.29 is 4.79 Å². The van der Waals surface area contributed by atoms with Crippen molar-refractivity contribution in [2.45, 2.75) is 39.7 Å². The molecule has 104 valence electrons. The van der Waals surface area contributed by atoms with Crippen LogP contribution < -0.4 is 0 Å². The van der Waals surface area contributed by atoms with Crippen molar-refractivity contribution >= 4 is 5.78 Å². The second-order valence-corrected chi connectivity index (χ2v) is 6.02. The molecule has 0 aliphatic carbocycles. The summed E-state index contributed by atoms with van der Waals surface area (Å²) < 4.78 is 0. The van der Waals surface area contributed by atoms with Gasteiger partial charge in [-0.15, -0.1) is 0 Å². The van der Waals surface area contributed by atoms with Crippen LogP contribution in [0.1, 0.15) is 44.0 Å². The van der Waals surface area contributed by atoms with E-state index in [-0.39, 0.29) is 6.04 Å². The lowest BCUT2D eigenvalue weighted by Crippen LogP contribution is -2.45. The molecule has 1 aliphatic rings. The molecule has 1 aromatic carbocycles. The van der Waals surface area contributed by atoms with Crippen LogP contribution in [0.3, 0.4) is 0 Å². The third kappa shape index (κ3) is 3.24. The number of likely N-dealkylation sites (tertiary alicyclic amines) is 1. The minimum Gasteiger partial charge on any atom is -0.293 e. The molecule has 1 heterocycles. The van der Waals surface area contributed by atoms with Gasteiger partial charge in [-0.1, -0.05) is 51.1 Å². The second-order valence-electron chi connectivity index (χ2n) is 6.02. The lowest BCUT2D eigenvalue weighted by Gasteiger charge is -2.33. The van der Waals surface area contributed by atoms with Gasteiger partial charge < -0.3 is 0 Å². The molecule has 0 aromatic heterocycles. The lowest BCUT2D eigenvalue weighted by atomic mass is 9.85. The van der Waals surface area contributed by atoms with Gasteiger partial charge in [-0.05, 0) is 37.8 Å². The van der Waals surface area contributed by atoms with E-state index in [1.165, 1.54) is 12.8 Å². The van der Waals surface area contributed by atoms with Crippen molar-refractivity contribution in [3.63, 3.8) is 0 Å². The fraction of sp³-hybridized carbons (Fsp3) is 0.588. The van der Waals surface area contributed by atoms with Crippen molar-refractivity contribution in [3.8, 4) is 0 Å². The van der Waals surface area contributed by atoms with Gasteiger partial charge in [0.15, 0.2) is 5.78 Å². The summed E-state index contributed by atoms with van der Waals surface area (Å²) in [6, 6.07) is 9.80. The van der Waals surface area contributed by atoms with Gasteiger partial charge in [0, 0.05) is 5.56 Å². The summed E-state index contributed by atoms with van der Waals surface area (Å²) in [5, 5.41) is 0. The Balaban J connectivity index is 2.24. The number of carbonyl (C=O) groups is 1. The molecule has 0 radical (unpaired) electrons. The number of nitrogens with zero attached hydrogens (tertiary/aromatic N) is 1. The van der Waals surface area contributed by atoms with Crippen molar-refractivity contribution in [2.24, 2.45) is 11.8 Å². The topological polar surface area (TPSA) is 20.3 Å². The summed E-state index contributed by atoms with van der Waals surface area (Å²) in [7, 11) is 0. The summed E-state index contributed by atoms with van der Waals surface area (Å²) in [5.74, 6) is 1.22. The first-order chi connectivity index (χ1) is 9.11. The molecule has 1 fully saturated rings. The molecule has 19 heavy (non-hydrogen) atoms.